The van der Waals surface area contributed by atoms with Gasteiger partial charge < -0.3 is 15.0 Å². The number of methoxy groups -OCH3 is 1. The second kappa shape index (κ2) is 11.4. The molecule has 0 radical (unpaired) electrons. The number of carbonyl (C=O) groups is 2. The molecule has 30 heavy (non-hydrogen) atoms. The maximum absolute atomic E-state index is 13.2. The van der Waals surface area contributed by atoms with Gasteiger partial charge in [0.25, 0.3) is 0 Å². The second-order valence-electron chi connectivity index (χ2n) is 7.79. The number of benzene rings is 2. The topological polar surface area (TPSA) is 58.6 Å². The Balaban J connectivity index is 2.20. The van der Waals surface area contributed by atoms with Crippen LogP contribution in [-0.4, -0.2) is 36.4 Å². The van der Waals surface area contributed by atoms with Gasteiger partial charge in [0.2, 0.25) is 11.8 Å². The first-order chi connectivity index (χ1) is 14.3. The van der Waals surface area contributed by atoms with E-state index in [1.54, 1.807) is 18.9 Å². The zero-order valence-electron chi connectivity index (χ0n) is 18.8. The van der Waals surface area contributed by atoms with Crippen LogP contribution in [-0.2, 0) is 22.6 Å². The highest BCUT2D eigenvalue weighted by Crippen LogP contribution is 2.17. The fourth-order valence-electron chi connectivity index (χ4n) is 3.24. The number of hydrogen-bond donors (Lipinski definition) is 1. The van der Waals surface area contributed by atoms with Gasteiger partial charge in [0.05, 0.1) is 13.5 Å². The van der Waals surface area contributed by atoms with E-state index in [2.05, 4.69) is 19.2 Å². The van der Waals surface area contributed by atoms with Gasteiger partial charge in [-0.15, -0.1) is 0 Å². The average molecular weight is 411 g/mol. The molecule has 1 N–H and O–H groups in total. The smallest absolute Gasteiger partial charge is 0.242 e. The minimum atomic E-state index is -0.553. The molecule has 1 atom stereocenters. The number of nitrogens with one attached hydrogen (secondary N) is 1. The van der Waals surface area contributed by atoms with Crippen molar-refractivity contribution in [1.29, 1.82) is 0 Å². The monoisotopic (exact) mass is 410 g/mol. The van der Waals surface area contributed by atoms with Crippen molar-refractivity contribution in [3.05, 3.63) is 64.7 Å². The van der Waals surface area contributed by atoms with Crippen molar-refractivity contribution in [1.82, 2.24) is 10.2 Å². The standard InChI is InChI=1S/C25H34N2O3/c1-6-7-14-26-25(29)20(4)27(17-21-10-12-23(30-5)13-11-21)24(28)16-22-9-8-18(2)19(3)15-22/h8-13,15,20H,6-7,14,16-17H2,1-5H3,(H,26,29)/t20-/m1/s1. The Bertz CT molecular complexity index is 846. The maximum Gasteiger partial charge on any atom is 0.242 e. The van der Waals surface area contributed by atoms with Crippen LogP contribution in [0.1, 0.15) is 48.9 Å². The quantitative estimate of drug-likeness (QED) is 0.598. The van der Waals surface area contributed by atoms with E-state index in [1.807, 2.05) is 49.4 Å². The lowest BCUT2D eigenvalue weighted by molar-refractivity contribution is -0.140. The van der Waals surface area contributed by atoms with Crippen LogP contribution in [0.4, 0.5) is 0 Å². The third-order valence-electron chi connectivity index (χ3n) is 5.44. The Labute approximate surface area is 180 Å². The van der Waals surface area contributed by atoms with Gasteiger partial charge in [-0.2, -0.15) is 0 Å². The third-order valence-corrected chi connectivity index (χ3v) is 5.44. The minimum Gasteiger partial charge on any atom is -0.497 e. The first-order valence-electron chi connectivity index (χ1n) is 10.6. The molecule has 0 saturated carbocycles. The van der Waals surface area contributed by atoms with Crippen molar-refractivity contribution < 1.29 is 14.3 Å². The van der Waals surface area contributed by atoms with E-state index in [4.69, 9.17) is 4.74 Å². The molecule has 0 heterocycles. The first kappa shape index (κ1) is 23.5. The zero-order valence-corrected chi connectivity index (χ0v) is 18.8. The molecular formula is C25H34N2O3. The SMILES string of the molecule is CCCCNC(=O)[C@@H](C)N(Cc1ccc(OC)cc1)C(=O)Cc1ccc(C)c(C)c1. The summed E-state index contributed by atoms with van der Waals surface area (Å²) < 4.78 is 5.22. The molecule has 0 saturated heterocycles. The Kier molecular flexibility index (Phi) is 8.90. The van der Waals surface area contributed by atoms with Gasteiger partial charge in [0.15, 0.2) is 0 Å². The summed E-state index contributed by atoms with van der Waals surface area (Å²) >= 11 is 0. The normalized spacial score (nSPS) is 11.6. The summed E-state index contributed by atoms with van der Waals surface area (Å²) in [6.07, 6.45) is 2.20. The van der Waals surface area contributed by atoms with Gasteiger partial charge in [-0.3, -0.25) is 9.59 Å². The zero-order chi connectivity index (χ0) is 22.1. The summed E-state index contributed by atoms with van der Waals surface area (Å²) in [5.74, 6) is 0.578. The van der Waals surface area contributed by atoms with Crippen LogP contribution in [0.5, 0.6) is 5.75 Å². The lowest BCUT2D eigenvalue weighted by Crippen LogP contribution is -2.48. The highest BCUT2D eigenvalue weighted by Gasteiger charge is 2.26. The fourth-order valence-corrected chi connectivity index (χ4v) is 3.24. The molecule has 5 nitrogen and oxygen atoms in total. The summed E-state index contributed by atoms with van der Waals surface area (Å²) in [4.78, 5) is 27.6. The van der Waals surface area contributed by atoms with Crippen LogP contribution in [0.15, 0.2) is 42.5 Å². The third kappa shape index (κ3) is 6.61. The van der Waals surface area contributed by atoms with Crippen molar-refractivity contribution in [2.45, 2.75) is 59.5 Å². The van der Waals surface area contributed by atoms with E-state index in [9.17, 15) is 9.59 Å². The molecule has 2 aromatic carbocycles. The summed E-state index contributed by atoms with van der Waals surface area (Å²) in [6, 6.07) is 13.1. The van der Waals surface area contributed by atoms with E-state index in [0.29, 0.717) is 13.1 Å². The number of nitrogens with zero attached hydrogens (tertiary/aromatic N) is 1. The van der Waals surface area contributed by atoms with E-state index in [1.165, 1.54) is 5.56 Å². The predicted molar refractivity (Wildman–Crippen MR) is 121 cm³/mol. The van der Waals surface area contributed by atoms with Crippen LogP contribution in [0.3, 0.4) is 0 Å². The van der Waals surface area contributed by atoms with Gasteiger partial charge >= 0.3 is 0 Å². The van der Waals surface area contributed by atoms with Crippen molar-refractivity contribution in [2.24, 2.45) is 0 Å². The summed E-state index contributed by atoms with van der Waals surface area (Å²) in [5.41, 5.74) is 4.27. The Morgan fingerprint density at radius 3 is 2.30 bits per heavy atom. The highest BCUT2D eigenvalue weighted by atomic mass is 16.5. The molecular weight excluding hydrogens is 376 g/mol. The van der Waals surface area contributed by atoms with Crippen LogP contribution >= 0.6 is 0 Å². The molecule has 0 spiro atoms. The van der Waals surface area contributed by atoms with Gasteiger partial charge in [-0.25, -0.2) is 0 Å². The first-order valence-corrected chi connectivity index (χ1v) is 10.6. The van der Waals surface area contributed by atoms with Crippen LogP contribution in [0.25, 0.3) is 0 Å². The number of hydrogen-bond acceptors (Lipinski definition) is 3. The molecule has 162 valence electrons. The van der Waals surface area contributed by atoms with Crippen LogP contribution < -0.4 is 10.1 Å². The van der Waals surface area contributed by atoms with Gasteiger partial charge in [-0.1, -0.05) is 43.7 Å². The van der Waals surface area contributed by atoms with E-state index in [-0.39, 0.29) is 18.2 Å². The maximum atomic E-state index is 13.2. The second-order valence-corrected chi connectivity index (χ2v) is 7.79. The molecule has 0 aliphatic heterocycles. The van der Waals surface area contributed by atoms with Crippen molar-refractivity contribution in [2.75, 3.05) is 13.7 Å². The predicted octanol–water partition coefficient (Wildman–Crippen LogP) is 4.19. The number of aryl methyl sites for hydroxylation is 2. The Hall–Kier alpha value is -2.82. The van der Waals surface area contributed by atoms with E-state index < -0.39 is 6.04 Å². The number of unbranched alkanes of at least 4 members (excludes halogenated alkanes) is 1. The summed E-state index contributed by atoms with van der Waals surface area (Å²) in [7, 11) is 1.62. The Morgan fingerprint density at radius 1 is 1.03 bits per heavy atom. The average Bonchev–Trinajstić information content (AvgIpc) is 2.74. The molecule has 0 fully saturated rings. The molecule has 2 rings (SSSR count). The van der Waals surface area contributed by atoms with Crippen molar-refractivity contribution >= 4 is 11.8 Å². The molecule has 0 aromatic heterocycles. The summed E-state index contributed by atoms with van der Waals surface area (Å²) in [5, 5.41) is 2.95. The Morgan fingerprint density at radius 2 is 1.70 bits per heavy atom. The van der Waals surface area contributed by atoms with Crippen molar-refractivity contribution in [3.8, 4) is 5.75 Å². The number of rotatable bonds is 10. The van der Waals surface area contributed by atoms with Crippen LogP contribution in [0, 0.1) is 13.8 Å². The lowest BCUT2D eigenvalue weighted by atomic mass is 10.0. The molecule has 0 aliphatic rings. The minimum absolute atomic E-state index is 0.0628. The number of ether oxygens (including phenoxy) is 1. The highest BCUT2D eigenvalue weighted by molar-refractivity contribution is 5.88. The van der Waals surface area contributed by atoms with Crippen LogP contribution in [0.2, 0.25) is 0 Å². The molecule has 2 aromatic rings. The van der Waals surface area contributed by atoms with E-state index in [0.717, 1.165) is 35.3 Å². The lowest BCUT2D eigenvalue weighted by Gasteiger charge is -2.29. The molecule has 0 unspecified atom stereocenters. The largest absolute Gasteiger partial charge is 0.497 e. The number of carbonyl (C=O) groups excluding carboxylic acids is 2. The number of amides is 2. The molecule has 0 bridgehead atoms. The summed E-state index contributed by atoms with van der Waals surface area (Å²) in [6.45, 7) is 8.97. The molecule has 0 aliphatic carbocycles. The molecule has 2 amide bonds. The van der Waals surface area contributed by atoms with Crippen molar-refractivity contribution in [3.63, 3.8) is 0 Å². The van der Waals surface area contributed by atoms with Gasteiger partial charge in [0, 0.05) is 13.1 Å². The van der Waals surface area contributed by atoms with Gasteiger partial charge in [-0.05, 0) is 61.6 Å². The van der Waals surface area contributed by atoms with E-state index >= 15 is 0 Å². The fraction of sp³-hybridized carbons (Fsp3) is 0.440. The van der Waals surface area contributed by atoms with Gasteiger partial charge in [0.1, 0.15) is 11.8 Å². The molecule has 5 heteroatoms.